The summed E-state index contributed by atoms with van der Waals surface area (Å²) in [5, 5.41) is 4.53. The highest BCUT2D eigenvalue weighted by Crippen LogP contribution is 2.29. The van der Waals surface area contributed by atoms with Crippen molar-refractivity contribution in [3.8, 4) is 0 Å². The Kier molecular flexibility index (Phi) is 6.93. The largest absolute Gasteiger partial charge is 0.379 e. The van der Waals surface area contributed by atoms with Gasteiger partial charge >= 0.3 is 0 Å². The highest BCUT2D eigenvalue weighted by molar-refractivity contribution is 9.10. The summed E-state index contributed by atoms with van der Waals surface area (Å²) < 4.78 is 8.76. The minimum Gasteiger partial charge on any atom is -0.379 e. The van der Waals surface area contributed by atoms with E-state index >= 15 is 0 Å². The van der Waals surface area contributed by atoms with Crippen molar-refractivity contribution in [2.75, 3.05) is 32.8 Å². The maximum atomic E-state index is 12.8. The Morgan fingerprint density at radius 3 is 2.72 bits per heavy atom. The lowest BCUT2D eigenvalue weighted by Crippen LogP contribution is -2.38. The normalized spacial score (nSPS) is 19.0. The lowest BCUT2D eigenvalue weighted by molar-refractivity contribution is -0.122. The zero-order valence-corrected chi connectivity index (χ0v) is 19.0. The first kappa shape index (κ1) is 20.9. The van der Waals surface area contributed by atoms with Gasteiger partial charge in [-0.2, -0.15) is 0 Å². The molecule has 0 atom stereocenters. The maximum absolute atomic E-state index is 12.8. The fourth-order valence-electron chi connectivity index (χ4n) is 4.80. The van der Waals surface area contributed by atoms with Crippen molar-refractivity contribution in [1.82, 2.24) is 14.8 Å². The highest BCUT2D eigenvalue weighted by Gasteiger charge is 2.20. The van der Waals surface area contributed by atoms with E-state index in [1.807, 2.05) is 0 Å². The first-order valence-electron chi connectivity index (χ1n) is 11.0. The number of ether oxygens (including phenoxy) is 1. The van der Waals surface area contributed by atoms with E-state index in [1.54, 1.807) is 0 Å². The molecule has 1 saturated heterocycles. The number of nitrogens with zero attached hydrogens (tertiary/aromatic N) is 2. The molecule has 1 N–H and O–H groups in total. The van der Waals surface area contributed by atoms with Gasteiger partial charge in [-0.05, 0) is 49.9 Å². The standard InChI is InChI=1S/C23H32BrN3O2/c1-17-20(9-10-26-11-13-29-14-12-26)21-15-18(24)7-8-22(21)27(17)16-23(28)25-19-5-3-2-4-6-19/h7-8,15,19H,2-6,9-14,16H2,1H3,(H,25,28). The first-order valence-corrected chi connectivity index (χ1v) is 11.8. The van der Waals surface area contributed by atoms with E-state index in [9.17, 15) is 4.79 Å². The van der Waals surface area contributed by atoms with E-state index < -0.39 is 0 Å². The number of hydrogen-bond acceptors (Lipinski definition) is 3. The van der Waals surface area contributed by atoms with E-state index in [1.165, 1.54) is 35.9 Å². The molecule has 2 fully saturated rings. The summed E-state index contributed by atoms with van der Waals surface area (Å²) in [6, 6.07) is 6.77. The minimum absolute atomic E-state index is 0.138. The molecule has 1 aromatic carbocycles. The average molecular weight is 462 g/mol. The molecule has 1 aromatic heterocycles. The fourth-order valence-corrected chi connectivity index (χ4v) is 5.16. The Bertz CT molecular complexity index is 851. The second-order valence-electron chi connectivity index (χ2n) is 8.42. The number of hydrogen-bond donors (Lipinski definition) is 1. The van der Waals surface area contributed by atoms with Crippen molar-refractivity contribution in [2.24, 2.45) is 0 Å². The summed E-state index contributed by atoms with van der Waals surface area (Å²) >= 11 is 3.63. The highest BCUT2D eigenvalue weighted by atomic mass is 79.9. The van der Waals surface area contributed by atoms with Gasteiger partial charge in [0, 0.05) is 46.7 Å². The third kappa shape index (κ3) is 5.04. The Balaban J connectivity index is 1.53. The van der Waals surface area contributed by atoms with E-state index in [4.69, 9.17) is 4.74 Å². The van der Waals surface area contributed by atoms with Crippen LogP contribution >= 0.6 is 15.9 Å². The number of benzene rings is 1. The molecule has 1 aliphatic carbocycles. The Morgan fingerprint density at radius 1 is 1.21 bits per heavy atom. The second-order valence-corrected chi connectivity index (χ2v) is 9.33. The van der Waals surface area contributed by atoms with E-state index in [-0.39, 0.29) is 5.91 Å². The number of fused-ring (bicyclic) bond motifs is 1. The summed E-state index contributed by atoms with van der Waals surface area (Å²) in [4.78, 5) is 15.3. The van der Waals surface area contributed by atoms with Gasteiger partial charge in [0.2, 0.25) is 5.91 Å². The van der Waals surface area contributed by atoms with Gasteiger partial charge in [-0.15, -0.1) is 0 Å². The van der Waals surface area contributed by atoms with Crippen molar-refractivity contribution < 1.29 is 9.53 Å². The van der Waals surface area contributed by atoms with Gasteiger partial charge in [-0.25, -0.2) is 0 Å². The summed E-state index contributed by atoms with van der Waals surface area (Å²) in [5.41, 5.74) is 3.73. The number of carbonyl (C=O) groups is 1. The van der Waals surface area contributed by atoms with Gasteiger partial charge in [0.15, 0.2) is 0 Å². The Hall–Kier alpha value is -1.37. The fraction of sp³-hybridized carbons (Fsp3) is 0.609. The number of rotatable bonds is 6. The topological polar surface area (TPSA) is 46.5 Å². The minimum atomic E-state index is 0.138. The van der Waals surface area contributed by atoms with Crippen LogP contribution in [-0.4, -0.2) is 54.3 Å². The molecule has 0 radical (unpaired) electrons. The molecule has 1 saturated carbocycles. The lowest BCUT2D eigenvalue weighted by Gasteiger charge is -2.26. The summed E-state index contributed by atoms with van der Waals surface area (Å²) in [5.74, 6) is 0.138. The van der Waals surface area contributed by atoms with E-state index in [0.717, 1.165) is 62.1 Å². The van der Waals surface area contributed by atoms with Crippen LogP contribution in [0.25, 0.3) is 10.9 Å². The quantitative estimate of drug-likeness (QED) is 0.705. The molecule has 0 unspecified atom stereocenters. The van der Waals surface area contributed by atoms with Crippen LogP contribution in [0.1, 0.15) is 43.4 Å². The monoisotopic (exact) mass is 461 g/mol. The number of nitrogens with one attached hydrogen (secondary N) is 1. The summed E-state index contributed by atoms with van der Waals surface area (Å²) in [6.07, 6.45) is 7.00. The van der Waals surface area contributed by atoms with Crippen LogP contribution in [0.15, 0.2) is 22.7 Å². The molecule has 2 heterocycles. The van der Waals surface area contributed by atoms with E-state index in [0.29, 0.717) is 12.6 Å². The predicted molar refractivity (Wildman–Crippen MR) is 120 cm³/mol. The molecule has 2 aliphatic rings. The van der Waals surface area contributed by atoms with Crippen LogP contribution in [-0.2, 0) is 22.5 Å². The SMILES string of the molecule is Cc1c(CCN2CCOCC2)c2cc(Br)ccc2n1CC(=O)NC1CCCCC1. The molecule has 5 nitrogen and oxygen atoms in total. The van der Waals surface area contributed by atoms with Crippen LogP contribution in [0.2, 0.25) is 0 Å². The summed E-state index contributed by atoms with van der Waals surface area (Å²) in [6.45, 7) is 7.26. The molecule has 0 bridgehead atoms. The molecule has 0 spiro atoms. The van der Waals surface area contributed by atoms with Gasteiger partial charge in [0.1, 0.15) is 6.54 Å². The van der Waals surface area contributed by atoms with Gasteiger partial charge in [-0.1, -0.05) is 35.2 Å². The number of morpholine rings is 1. The molecular formula is C23H32BrN3O2. The first-order chi connectivity index (χ1) is 14.1. The molecule has 1 aliphatic heterocycles. The average Bonchev–Trinajstić information content (AvgIpc) is 2.98. The number of carbonyl (C=O) groups excluding carboxylic acids is 1. The Labute approximate surface area is 181 Å². The molecule has 158 valence electrons. The number of aromatic nitrogens is 1. The van der Waals surface area contributed by atoms with Crippen molar-refractivity contribution in [3.63, 3.8) is 0 Å². The molecule has 2 aromatic rings. The molecular weight excluding hydrogens is 430 g/mol. The van der Waals surface area contributed by atoms with Crippen molar-refractivity contribution in [2.45, 2.75) is 58.0 Å². The lowest BCUT2D eigenvalue weighted by atomic mass is 9.95. The zero-order valence-electron chi connectivity index (χ0n) is 17.4. The molecule has 1 amide bonds. The van der Waals surface area contributed by atoms with Crippen molar-refractivity contribution in [1.29, 1.82) is 0 Å². The van der Waals surface area contributed by atoms with E-state index in [2.05, 4.69) is 55.8 Å². The smallest absolute Gasteiger partial charge is 0.240 e. The van der Waals surface area contributed by atoms with Crippen LogP contribution in [0.4, 0.5) is 0 Å². The zero-order chi connectivity index (χ0) is 20.2. The van der Waals surface area contributed by atoms with Crippen LogP contribution in [0.5, 0.6) is 0 Å². The van der Waals surface area contributed by atoms with Crippen LogP contribution < -0.4 is 5.32 Å². The van der Waals surface area contributed by atoms with Gasteiger partial charge in [0.25, 0.3) is 0 Å². The van der Waals surface area contributed by atoms with Gasteiger partial charge in [-0.3, -0.25) is 9.69 Å². The second kappa shape index (κ2) is 9.63. The van der Waals surface area contributed by atoms with Gasteiger partial charge in [0.05, 0.1) is 13.2 Å². The third-order valence-corrected chi connectivity index (χ3v) is 6.96. The predicted octanol–water partition coefficient (Wildman–Crippen LogP) is 4.04. The third-order valence-electron chi connectivity index (χ3n) is 6.47. The maximum Gasteiger partial charge on any atom is 0.240 e. The van der Waals surface area contributed by atoms with Gasteiger partial charge < -0.3 is 14.6 Å². The van der Waals surface area contributed by atoms with Crippen molar-refractivity contribution >= 4 is 32.7 Å². The molecule has 29 heavy (non-hydrogen) atoms. The molecule has 6 heteroatoms. The number of halogens is 1. The molecule has 4 rings (SSSR count). The number of amides is 1. The van der Waals surface area contributed by atoms with Crippen LogP contribution in [0, 0.1) is 6.92 Å². The Morgan fingerprint density at radius 2 is 1.97 bits per heavy atom. The van der Waals surface area contributed by atoms with Crippen LogP contribution in [0.3, 0.4) is 0 Å². The van der Waals surface area contributed by atoms with Crippen molar-refractivity contribution in [3.05, 3.63) is 33.9 Å². The summed E-state index contributed by atoms with van der Waals surface area (Å²) in [7, 11) is 0.